The molecule has 0 bridgehead atoms. The van der Waals surface area contributed by atoms with E-state index >= 15 is 0 Å². The van der Waals surface area contributed by atoms with E-state index in [4.69, 9.17) is 5.11 Å². The second-order valence-electron chi connectivity index (χ2n) is 3.41. The SMILES string of the molecule is OCNCCCN1CCCCC1. The Bertz CT molecular complexity index is 103. The molecular formula is C9H20N2O. The first-order valence-corrected chi connectivity index (χ1v) is 4.97. The standard InChI is InChI=1S/C9H20N2O/c12-9-10-5-4-8-11-6-2-1-3-7-11/h10,12H,1-9H2. The van der Waals surface area contributed by atoms with Crippen molar-refractivity contribution in [1.29, 1.82) is 0 Å². The summed E-state index contributed by atoms with van der Waals surface area (Å²) in [7, 11) is 0. The lowest BCUT2D eigenvalue weighted by Crippen LogP contribution is -2.32. The van der Waals surface area contributed by atoms with Crippen molar-refractivity contribution in [1.82, 2.24) is 10.2 Å². The van der Waals surface area contributed by atoms with Gasteiger partial charge in [-0.25, -0.2) is 0 Å². The van der Waals surface area contributed by atoms with Gasteiger partial charge in [-0.2, -0.15) is 0 Å². The summed E-state index contributed by atoms with van der Waals surface area (Å²) in [5, 5.41) is 11.4. The fourth-order valence-corrected chi connectivity index (χ4v) is 1.69. The molecule has 0 unspecified atom stereocenters. The van der Waals surface area contributed by atoms with E-state index in [-0.39, 0.29) is 6.73 Å². The number of hydrogen-bond acceptors (Lipinski definition) is 3. The van der Waals surface area contributed by atoms with E-state index in [2.05, 4.69) is 10.2 Å². The Hall–Kier alpha value is -0.120. The molecule has 0 amide bonds. The van der Waals surface area contributed by atoms with Gasteiger partial charge in [0, 0.05) is 0 Å². The van der Waals surface area contributed by atoms with Crippen LogP contribution in [0.5, 0.6) is 0 Å². The average Bonchev–Trinajstić information content (AvgIpc) is 2.14. The first-order valence-electron chi connectivity index (χ1n) is 4.97. The summed E-state index contributed by atoms with van der Waals surface area (Å²) in [6.07, 6.45) is 5.30. The second-order valence-corrected chi connectivity index (χ2v) is 3.41. The van der Waals surface area contributed by atoms with Gasteiger partial charge in [0.15, 0.2) is 0 Å². The van der Waals surface area contributed by atoms with Crippen molar-refractivity contribution in [3.05, 3.63) is 0 Å². The molecule has 0 aromatic carbocycles. The first-order chi connectivity index (χ1) is 5.93. The maximum atomic E-state index is 8.48. The molecule has 0 atom stereocenters. The summed E-state index contributed by atoms with van der Waals surface area (Å²) in [4.78, 5) is 2.52. The molecule has 72 valence electrons. The van der Waals surface area contributed by atoms with Crippen LogP contribution in [0.1, 0.15) is 25.7 Å². The van der Waals surface area contributed by atoms with Crippen molar-refractivity contribution < 1.29 is 5.11 Å². The smallest absolute Gasteiger partial charge is 0.0931 e. The predicted octanol–water partition coefficient (Wildman–Crippen LogP) is 0.402. The summed E-state index contributed by atoms with van der Waals surface area (Å²) in [5.41, 5.74) is 0. The number of nitrogens with zero attached hydrogens (tertiary/aromatic N) is 1. The summed E-state index contributed by atoms with van der Waals surface area (Å²) < 4.78 is 0. The van der Waals surface area contributed by atoms with E-state index in [0.717, 1.165) is 13.0 Å². The third kappa shape index (κ3) is 4.04. The molecule has 3 heteroatoms. The topological polar surface area (TPSA) is 35.5 Å². The number of nitrogens with one attached hydrogen (secondary N) is 1. The zero-order valence-corrected chi connectivity index (χ0v) is 7.76. The molecule has 1 aliphatic rings. The van der Waals surface area contributed by atoms with Crippen LogP contribution >= 0.6 is 0 Å². The molecular weight excluding hydrogens is 152 g/mol. The molecule has 1 rings (SSSR count). The Morgan fingerprint density at radius 2 is 1.92 bits per heavy atom. The highest BCUT2D eigenvalue weighted by Crippen LogP contribution is 2.08. The largest absolute Gasteiger partial charge is 0.381 e. The van der Waals surface area contributed by atoms with Crippen LogP contribution in [0, 0.1) is 0 Å². The van der Waals surface area contributed by atoms with E-state index in [1.54, 1.807) is 0 Å². The molecule has 1 fully saturated rings. The Kier molecular flexibility index (Phi) is 5.32. The van der Waals surface area contributed by atoms with Gasteiger partial charge >= 0.3 is 0 Å². The highest BCUT2D eigenvalue weighted by molar-refractivity contribution is 4.64. The average molecular weight is 172 g/mol. The van der Waals surface area contributed by atoms with Gasteiger partial charge in [0.2, 0.25) is 0 Å². The molecule has 3 nitrogen and oxygen atoms in total. The second kappa shape index (κ2) is 6.40. The monoisotopic (exact) mass is 172 g/mol. The zero-order chi connectivity index (χ0) is 8.65. The minimum absolute atomic E-state index is 0.111. The van der Waals surface area contributed by atoms with E-state index in [0.29, 0.717) is 0 Å². The van der Waals surface area contributed by atoms with Crippen LogP contribution in [0.2, 0.25) is 0 Å². The van der Waals surface area contributed by atoms with Gasteiger partial charge in [-0.1, -0.05) is 6.42 Å². The molecule has 12 heavy (non-hydrogen) atoms. The first kappa shape index (κ1) is 9.96. The van der Waals surface area contributed by atoms with Crippen LogP contribution in [0.25, 0.3) is 0 Å². The lowest BCUT2D eigenvalue weighted by atomic mass is 10.1. The number of likely N-dealkylation sites (tertiary alicyclic amines) is 1. The minimum Gasteiger partial charge on any atom is -0.381 e. The van der Waals surface area contributed by atoms with Crippen molar-refractivity contribution in [2.45, 2.75) is 25.7 Å². The third-order valence-corrected chi connectivity index (χ3v) is 2.39. The highest BCUT2D eigenvalue weighted by atomic mass is 16.3. The molecule has 0 aromatic heterocycles. The van der Waals surface area contributed by atoms with E-state index < -0.39 is 0 Å². The summed E-state index contributed by atoms with van der Waals surface area (Å²) in [5.74, 6) is 0. The molecule has 0 radical (unpaired) electrons. The van der Waals surface area contributed by atoms with Crippen LogP contribution in [0.3, 0.4) is 0 Å². The summed E-state index contributed by atoms with van der Waals surface area (Å²) in [6.45, 7) is 4.79. The molecule has 2 N–H and O–H groups in total. The lowest BCUT2D eigenvalue weighted by molar-refractivity contribution is 0.217. The van der Waals surface area contributed by atoms with Crippen molar-refractivity contribution in [2.75, 3.05) is 32.9 Å². The van der Waals surface area contributed by atoms with Crippen molar-refractivity contribution in [3.8, 4) is 0 Å². The normalized spacial score (nSPS) is 19.8. The third-order valence-electron chi connectivity index (χ3n) is 2.39. The Labute approximate surface area is 74.8 Å². The minimum atomic E-state index is 0.111. The highest BCUT2D eigenvalue weighted by Gasteiger charge is 2.08. The Balaban J connectivity index is 1.91. The van der Waals surface area contributed by atoms with Crippen LogP contribution < -0.4 is 5.32 Å². The number of rotatable bonds is 5. The molecule has 0 spiro atoms. The van der Waals surface area contributed by atoms with Crippen molar-refractivity contribution >= 4 is 0 Å². The fourth-order valence-electron chi connectivity index (χ4n) is 1.69. The number of aliphatic hydroxyl groups is 1. The Morgan fingerprint density at radius 1 is 1.17 bits per heavy atom. The van der Waals surface area contributed by atoms with Gasteiger partial charge < -0.3 is 10.0 Å². The van der Waals surface area contributed by atoms with Gasteiger partial charge in [0.1, 0.15) is 0 Å². The Morgan fingerprint density at radius 3 is 2.58 bits per heavy atom. The van der Waals surface area contributed by atoms with Gasteiger partial charge in [-0.3, -0.25) is 5.32 Å². The van der Waals surface area contributed by atoms with Gasteiger partial charge in [-0.05, 0) is 45.4 Å². The van der Waals surface area contributed by atoms with E-state index in [9.17, 15) is 0 Å². The number of piperidine rings is 1. The molecule has 0 aromatic rings. The molecule has 0 saturated carbocycles. The lowest BCUT2D eigenvalue weighted by Gasteiger charge is -2.26. The fraction of sp³-hybridized carbons (Fsp3) is 1.00. The van der Waals surface area contributed by atoms with Gasteiger partial charge in [0.25, 0.3) is 0 Å². The van der Waals surface area contributed by atoms with Crippen LogP contribution in [-0.4, -0.2) is 42.9 Å². The van der Waals surface area contributed by atoms with E-state index in [1.165, 1.54) is 38.9 Å². The summed E-state index contributed by atoms with van der Waals surface area (Å²) in [6, 6.07) is 0. The molecule has 1 aliphatic heterocycles. The molecule has 1 saturated heterocycles. The van der Waals surface area contributed by atoms with Crippen LogP contribution in [0.4, 0.5) is 0 Å². The van der Waals surface area contributed by atoms with Gasteiger partial charge in [-0.15, -0.1) is 0 Å². The predicted molar refractivity (Wildman–Crippen MR) is 50.0 cm³/mol. The van der Waals surface area contributed by atoms with Gasteiger partial charge in [0.05, 0.1) is 6.73 Å². The quantitative estimate of drug-likeness (QED) is 0.465. The van der Waals surface area contributed by atoms with Crippen molar-refractivity contribution in [2.24, 2.45) is 0 Å². The number of hydrogen-bond donors (Lipinski definition) is 2. The molecule has 0 aliphatic carbocycles. The van der Waals surface area contributed by atoms with E-state index in [1.807, 2.05) is 0 Å². The van der Waals surface area contributed by atoms with Crippen LogP contribution in [0.15, 0.2) is 0 Å². The zero-order valence-electron chi connectivity index (χ0n) is 7.76. The maximum absolute atomic E-state index is 8.48. The number of aliphatic hydroxyl groups excluding tert-OH is 1. The molecule has 1 heterocycles. The van der Waals surface area contributed by atoms with Crippen LogP contribution in [-0.2, 0) is 0 Å². The summed E-state index contributed by atoms with van der Waals surface area (Å²) >= 11 is 0. The van der Waals surface area contributed by atoms with Crippen molar-refractivity contribution in [3.63, 3.8) is 0 Å². The maximum Gasteiger partial charge on any atom is 0.0931 e.